The summed E-state index contributed by atoms with van der Waals surface area (Å²) in [5.74, 6) is -1.01. The number of ether oxygens (including phenoxy) is 1. The molecule has 0 saturated carbocycles. The summed E-state index contributed by atoms with van der Waals surface area (Å²) < 4.78 is 32.6. The molecule has 30 heavy (non-hydrogen) atoms. The second-order valence-electron chi connectivity index (χ2n) is 7.56. The number of para-hydroxylation sites is 1. The number of ketones is 1. The molecule has 1 aromatic heterocycles. The Morgan fingerprint density at radius 2 is 1.73 bits per heavy atom. The Bertz CT molecular complexity index is 1020. The van der Waals surface area contributed by atoms with E-state index in [0.29, 0.717) is 31.5 Å². The molecule has 162 valence electrons. The molecule has 0 N–H and O–H groups in total. The Morgan fingerprint density at radius 1 is 1.10 bits per heavy atom. The first kappa shape index (κ1) is 22.2. The molecule has 0 aliphatic carbocycles. The maximum Gasteiger partial charge on any atom is 0.309 e. The van der Waals surface area contributed by atoms with E-state index >= 15 is 0 Å². The third-order valence-corrected chi connectivity index (χ3v) is 7.52. The molecule has 0 radical (unpaired) electrons. The maximum absolute atomic E-state index is 12.7. The van der Waals surface area contributed by atoms with Gasteiger partial charge in [-0.15, -0.1) is 0 Å². The fourth-order valence-corrected chi connectivity index (χ4v) is 5.04. The smallest absolute Gasteiger partial charge is 0.309 e. The SMILES string of the molecule is CCS(=O)(=O)N1CCC(C(=O)OCC(=O)c2cc(C)n(-c3ccccc3)c2C)CC1. The Kier molecular flexibility index (Phi) is 6.77. The zero-order chi connectivity index (χ0) is 21.9. The molecule has 1 saturated heterocycles. The molecular formula is C22H28N2O5S. The van der Waals surface area contributed by atoms with Gasteiger partial charge in [-0.2, -0.15) is 0 Å². The van der Waals surface area contributed by atoms with E-state index in [2.05, 4.69) is 0 Å². The lowest BCUT2D eigenvalue weighted by Crippen LogP contribution is -2.41. The maximum atomic E-state index is 12.7. The van der Waals surface area contributed by atoms with E-state index < -0.39 is 16.0 Å². The first-order valence-corrected chi connectivity index (χ1v) is 11.8. The molecule has 0 bridgehead atoms. The molecule has 8 heteroatoms. The number of aryl methyl sites for hydroxylation is 1. The van der Waals surface area contributed by atoms with E-state index in [1.165, 1.54) is 4.31 Å². The standard InChI is InChI=1S/C22H28N2O5S/c1-4-30(27,28)23-12-10-18(11-13-23)22(26)29-15-21(25)20-14-16(2)24(17(20)3)19-8-6-5-7-9-19/h5-9,14,18H,4,10-13,15H2,1-3H3. The van der Waals surface area contributed by atoms with Crippen LogP contribution in [-0.4, -0.2) is 54.5 Å². The van der Waals surface area contributed by atoms with E-state index in [0.717, 1.165) is 17.1 Å². The Balaban J connectivity index is 1.60. The molecule has 2 heterocycles. The lowest BCUT2D eigenvalue weighted by atomic mass is 9.98. The van der Waals surface area contributed by atoms with Crippen molar-refractivity contribution in [3.05, 3.63) is 53.3 Å². The van der Waals surface area contributed by atoms with Crippen LogP contribution in [-0.2, 0) is 19.6 Å². The number of nitrogens with zero attached hydrogens (tertiary/aromatic N) is 2. The molecule has 1 aromatic carbocycles. The summed E-state index contributed by atoms with van der Waals surface area (Å²) in [6, 6.07) is 11.6. The number of aromatic nitrogens is 1. The zero-order valence-corrected chi connectivity index (χ0v) is 18.4. The van der Waals surface area contributed by atoms with Crippen LogP contribution in [0.4, 0.5) is 0 Å². The molecule has 3 rings (SSSR count). The predicted molar refractivity (Wildman–Crippen MR) is 114 cm³/mol. The van der Waals surface area contributed by atoms with Gasteiger partial charge in [0.15, 0.2) is 6.61 Å². The number of hydrogen-bond acceptors (Lipinski definition) is 5. The fraction of sp³-hybridized carbons (Fsp3) is 0.455. The average molecular weight is 433 g/mol. The quantitative estimate of drug-likeness (QED) is 0.496. The van der Waals surface area contributed by atoms with Crippen LogP contribution in [0.15, 0.2) is 36.4 Å². The largest absolute Gasteiger partial charge is 0.457 e. The predicted octanol–water partition coefficient (Wildman–Crippen LogP) is 2.88. The summed E-state index contributed by atoms with van der Waals surface area (Å²) in [6.45, 7) is 5.71. The van der Waals surface area contributed by atoms with Gasteiger partial charge in [0, 0.05) is 35.7 Å². The van der Waals surface area contributed by atoms with Gasteiger partial charge in [-0.3, -0.25) is 9.59 Å². The molecular weight excluding hydrogens is 404 g/mol. The monoisotopic (exact) mass is 432 g/mol. The summed E-state index contributed by atoms with van der Waals surface area (Å²) in [5.41, 5.74) is 3.24. The summed E-state index contributed by atoms with van der Waals surface area (Å²) >= 11 is 0. The fourth-order valence-electron chi connectivity index (χ4n) is 3.90. The van der Waals surface area contributed by atoms with Crippen molar-refractivity contribution < 1.29 is 22.7 Å². The number of sulfonamides is 1. The van der Waals surface area contributed by atoms with Gasteiger partial charge in [-0.25, -0.2) is 12.7 Å². The number of rotatable bonds is 7. The highest BCUT2D eigenvalue weighted by atomic mass is 32.2. The molecule has 7 nitrogen and oxygen atoms in total. The molecule has 0 spiro atoms. The molecule has 0 amide bonds. The van der Waals surface area contributed by atoms with Crippen molar-refractivity contribution in [1.82, 2.24) is 8.87 Å². The van der Waals surface area contributed by atoms with Gasteiger partial charge in [0.05, 0.1) is 11.7 Å². The highest BCUT2D eigenvalue weighted by Gasteiger charge is 2.31. The minimum absolute atomic E-state index is 0.0536. The minimum atomic E-state index is -3.24. The number of benzene rings is 1. The lowest BCUT2D eigenvalue weighted by molar-refractivity contribution is -0.148. The molecule has 1 aliphatic heterocycles. The van der Waals surface area contributed by atoms with Gasteiger partial charge in [0.2, 0.25) is 15.8 Å². The Morgan fingerprint density at radius 3 is 2.33 bits per heavy atom. The van der Waals surface area contributed by atoms with Crippen molar-refractivity contribution >= 4 is 21.8 Å². The number of piperidine rings is 1. The summed E-state index contributed by atoms with van der Waals surface area (Å²) in [7, 11) is -3.24. The normalized spacial score (nSPS) is 15.8. The third-order valence-electron chi connectivity index (χ3n) is 5.64. The number of carbonyl (C=O) groups excluding carboxylic acids is 2. The molecule has 0 unspecified atom stereocenters. The van der Waals surface area contributed by atoms with Crippen LogP contribution in [0.3, 0.4) is 0 Å². The van der Waals surface area contributed by atoms with E-state index in [9.17, 15) is 18.0 Å². The van der Waals surface area contributed by atoms with Gasteiger partial charge in [0.25, 0.3) is 0 Å². The van der Waals surface area contributed by atoms with E-state index in [1.807, 2.05) is 54.8 Å². The van der Waals surface area contributed by atoms with Crippen LogP contribution in [0.5, 0.6) is 0 Å². The van der Waals surface area contributed by atoms with Crippen molar-refractivity contribution in [3.8, 4) is 5.69 Å². The summed E-state index contributed by atoms with van der Waals surface area (Å²) in [5, 5.41) is 0. The Hall–Kier alpha value is -2.45. The van der Waals surface area contributed by atoms with Crippen molar-refractivity contribution in [2.75, 3.05) is 25.4 Å². The van der Waals surface area contributed by atoms with Crippen LogP contribution in [0, 0.1) is 19.8 Å². The van der Waals surface area contributed by atoms with Crippen molar-refractivity contribution in [2.45, 2.75) is 33.6 Å². The second-order valence-corrected chi connectivity index (χ2v) is 9.82. The first-order chi connectivity index (χ1) is 14.2. The van der Waals surface area contributed by atoms with Crippen LogP contribution >= 0.6 is 0 Å². The lowest BCUT2D eigenvalue weighted by Gasteiger charge is -2.29. The van der Waals surface area contributed by atoms with Crippen molar-refractivity contribution in [3.63, 3.8) is 0 Å². The number of carbonyl (C=O) groups is 2. The number of esters is 1. The first-order valence-electron chi connectivity index (χ1n) is 10.2. The van der Waals surface area contributed by atoms with Crippen LogP contribution in [0.2, 0.25) is 0 Å². The minimum Gasteiger partial charge on any atom is -0.457 e. The topological polar surface area (TPSA) is 85.7 Å². The average Bonchev–Trinajstić information content (AvgIpc) is 3.06. The van der Waals surface area contributed by atoms with Gasteiger partial charge >= 0.3 is 5.97 Å². The number of hydrogen-bond donors (Lipinski definition) is 0. The molecule has 1 aliphatic rings. The Labute approximate surface area is 177 Å². The summed E-state index contributed by atoms with van der Waals surface area (Å²) in [4.78, 5) is 25.1. The number of Topliss-reactive ketones (excluding diaryl/α,β-unsaturated/α-hetero) is 1. The van der Waals surface area contributed by atoms with Crippen LogP contribution in [0.1, 0.15) is 41.5 Å². The van der Waals surface area contributed by atoms with E-state index in [-0.39, 0.29) is 24.1 Å². The van der Waals surface area contributed by atoms with Crippen molar-refractivity contribution in [1.29, 1.82) is 0 Å². The molecule has 2 aromatic rings. The molecule has 0 atom stereocenters. The second kappa shape index (κ2) is 9.14. The zero-order valence-electron chi connectivity index (χ0n) is 17.6. The summed E-state index contributed by atoms with van der Waals surface area (Å²) in [6.07, 6.45) is 0.823. The van der Waals surface area contributed by atoms with Gasteiger partial charge in [-0.05, 0) is 51.8 Å². The van der Waals surface area contributed by atoms with Gasteiger partial charge in [0.1, 0.15) is 0 Å². The van der Waals surface area contributed by atoms with Crippen LogP contribution < -0.4 is 0 Å². The highest BCUT2D eigenvalue weighted by molar-refractivity contribution is 7.89. The van der Waals surface area contributed by atoms with Crippen molar-refractivity contribution in [2.24, 2.45) is 5.92 Å². The van der Waals surface area contributed by atoms with Gasteiger partial charge < -0.3 is 9.30 Å². The van der Waals surface area contributed by atoms with E-state index in [4.69, 9.17) is 4.74 Å². The highest BCUT2D eigenvalue weighted by Crippen LogP contribution is 2.23. The van der Waals surface area contributed by atoms with Crippen LogP contribution in [0.25, 0.3) is 5.69 Å². The third kappa shape index (κ3) is 4.65. The van der Waals surface area contributed by atoms with Gasteiger partial charge in [-0.1, -0.05) is 18.2 Å². The van der Waals surface area contributed by atoms with E-state index in [1.54, 1.807) is 6.92 Å². The molecule has 1 fully saturated rings.